The van der Waals surface area contributed by atoms with Gasteiger partial charge in [0.05, 0.1) is 16.3 Å². The fourth-order valence-corrected chi connectivity index (χ4v) is 3.53. The molecule has 0 saturated heterocycles. The number of nitrogens with one attached hydrogen (secondary N) is 3. The summed E-state index contributed by atoms with van der Waals surface area (Å²) in [6.45, 7) is 11.3. The molecule has 0 spiro atoms. The number of unbranched alkanes of at least 4 members (excludes halogenated alkanes) is 1. The Labute approximate surface area is 200 Å². The zero-order valence-electron chi connectivity index (χ0n) is 19.4. The highest BCUT2D eigenvalue weighted by Crippen LogP contribution is 2.30. The number of hydrogen-bond acceptors (Lipinski definition) is 5. The molecule has 1 heterocycles. The van der Waals surface area contributed by atoms with E-state index in [-0.39, 0.29) is 10.7 Å². The van der Waals surface area contributed by atoms with Crippen LogP contribution in [0.2, 0.25) is 5.02 Å². The molecule has 1 aromatic heterocycles. The molecule has 0 aliphatic heterocycles. The van der Waals surface area contributed by atoms with Gasteiger partial charge in [0, 0.05) is 24.1 Å². The third-order valence-electron chi connectivity index (χ3n) is 5.33. The van der Waals surface area contributed by atoms with Crippen LogP contribution in [0.15, 0.2) is 55.2 Å². The van der Waals surface area contributed by atoms with Crippen LogP contribution >= 0.6 is 11.6 Å². The predicted octanol–water partition coefficient (Wildman–Crippen LogP) is 7.64. The van der Waals surface area contributed by atoms with E-state index in [9.17, 15) is 4.39 Å². The van der Waals surface area contributed by atoms with E-state index in [1.165, 1.54) is 18.1 Å². The van der Waals surface area contributed by atoms with Gasteiger partial charge in [-0.05, 0) is 43.5 Å². The Kier molecular flexibility index (Phi) is 8.66. The quantitative estimate of drug-likeness (QED) is 0.270. The molecule has 1 unspecified atom stereocenters. The minimum atomic E-state index is -0.454. The average molecular weight is 468 g/mol. The predicted molar refractivity (Wildman–Crippen MR) is 138 cm³/mol. The Morgan fingerprint density at radius 3 is 2.64 bits per heavy atom. The molecule has 0 amide bonds. The largest absolute Gasteiger partial charge is 0.369 e. The van der Waals surface area contributed by atoms with Crippen molar-refractivity contribution in [2.45, 2.75) is 40.0 Å². The third kappa shape index (κ3) is 6.93. The number of halogens is 2. The van der Waals surface area contributed by atoms with Crippen molar-refractivity contribution in [1.29, 1.82) is 0 Å². The molecule has 0 radical (unpaired) electrons. The van der Waals surface area contributed by atoms with Gasteiger partial charge < -0.3 is 16.0 Å². The maximum Gasteiger partial charge on any atom is 0.229 e. The lowest BCUT2D eigenvalue weighted by atomic mass is 10.0. The van der Waals surface area contributed by atoms with Crippen LogP contribution in [-0.4, -0.2) is 16.5 Å². The van der Waals surface area contributed by atoms with Gasteiger partial charge in [-0.2, -0.15) is 4.98 Å². The Morgan fingerprint density at radius 1 is 1.18 bits per heavy atom. The van der Waals surface area contributed by atoms with Gasteiger partial charge in [-0.15, -0.1) is 0 Å². The van der Waals surface area contributed by atoms with Crippen LogP contribution in [0.5, 0.6) is 0 Å². The van der Waals surface area contributed by atoms with Crippen LogP contribution in [0.1, 0.15) is 44.2 Å². The average Bonchev–Trinajstić information content (AvgIpc) is 2.80. The summed E-state index contributed by atoms with van der Waals surface area (Å²) in [6.07, 6.45) is 5.15. The zero-order valence-corrected chi connectivity index (χ0v) is 20.1. The van der Waals surface area contributed by atoms with Crippen LogP contribution < -0.4 is 16.0 Å². The minimum absolute atomic E-state index is 0.174. The first-order valence-corrected chi connectivity index (χ1v) is 11.6. The lowest BCUT2D eigenvalue weighted by Gasteiger charge is -2.18. The molecule has 0 fully saturated rings. The molecule has 2 aromatic carbocycles. The van der Waals surface area contributed by atoms with E-state index >= 15 is 0 Å². The van der Waals surface area contributed by atoms with Gasteiger partial charge in [-0.3, -0.25) is 0 Å². The first-order valence-electron chi connectivity index (χ1n) is 11.2. The number of aryl methyl sites for hydroxylation is 1. The Bertz CT molecular complexity index is 1060. The van der Waals surface area contributed by atoms with E-state index in [1.807, 2.05) is 31.2 Å². The Hall–Kier alpha value is -3.12. The second-order valence-corrected chi connectivity index (χ2v) is 8.68. The van der Waals surface area contributed by atoms with Crippen molar-refractivity contribution in [2.75, 3.05) is 22.5 Å². The normalized spacial score (nSPS) is 11.7. The van der Waals surface area contributed by atoms with Gasteiger partial charge in [0.25, 0.3) is 0 Å². The van der Waals surface area contributed by atoms with Gasteiger partial charge in [0.2, 0.25) is 5.95 Å². The fraction of sp³-hybridized carbons (Fsp3) is 0.308. The van der Waals surface area contributed by atoms with Crippen molar-refractivity contribution in [3.05, 3.63) is 77.2 Å². The molecule has 0 saturated carbocycles. The molecular weight excluding hydrogens is 437 g/mol. The topological polar surface area (TPSA) is 61.9 Å². The number of rotatable bonds is 11. The highest BCUT2D eigenvalue weighted by molar-refractivity contribution is 6.33. The number of benzene rings is 2. The van der Waals surface area contributed by atoms with Crippen LogP contribution in [-0.2, 0) is 0 Å². The monoisotopic (exact) mass is 467 g/mol. The maximum atomic E-state index is 14.3. The molecule has 174 valence electrons. The fourth-order valence-electron chi connectivity index (χ4n) is 3.32. The minimum Gasteiger partial charge on any atom is -0.369 e. The highest BCUT2D eigenvalue weighted by Gasteiger charge is 2.15. The lowest BCUT2D eigenvalue weighted by Crippen LogP contribution is -2.15. The Morgan fingerprint density at radius 2 is 1.94 bits per heavy atom. The van der Waals surface area contributed by atoms with Crippen molar-refractivity contribution in [2.24, 2.45) is 5.92 Å². The molecule has 0 bridgehead atoms. The summed E-state index contributed by atoms with van der Waals surface area (Å²) in [5.74, 6) is 1.10. The van der Waals surface area contributed by atoms with E-state index in [0.717, 1.165) is 25.1 Å². The summed E-state index contributed by atoms with van der Waals surface area (Å²) in [7, 11) is 0. The number of aromatic nitrogens is 2. The second-order valence-electron chi connectivity index (χ2n) is 8.28. The van der Waals surface area contributed by atoms with Crippen molar-refractivity contribution in [3.63, 3.8) is 0 Å². The summed E-state index contributed by atoms with van der Waals surface area (Å²) in [5, 5.41) is 9.93. The second kappa shape index (κ2) is 11.7. The molecule has 5 nitrogen and oxygen atoms in total. The molecule has 0 aliphatic rings. The van der Waals surface area contributed by atoms with Crippen LogP contribution in [0.25, 0.3) is 5.70 Å². The molecular formula is C26H31ClFN5. The van der Waals surface area contributed by atoms with Crippen molar-refractivity contribution in [3.8, 4) is 0 Å². The molecule has 33 heavy (non-hydrogen) atoms. The van der Waals surface area contributed by atoms with E-state index in [0.29, 0.717) is 28.9 Å². The molecule has 3 N–H and O–H groups in total. The molecule has 3 rings (SSSR count). The number of para-hydroxylation sites is 1. The van der Waals surface area contributed by atoms with Gasteiger partial charge in [-0.25, -0.2) is 9.37 Å². The van der Waals surface area contributed by atoms with E-state index in [1.54, 1.807) is 18.3 Å². The first kappa shape index (κ1) is 24.5. The van der Waals surface area contributed by atoms with E-state index in [4.69, 9.17) is 11.6 Å². The van der Waals surface area contributed by atoms with Crippen LogP contribution in [0.3, 0.4) is 0 Å². The highest BCUT2D eigenvalue weighted by atomic mass is 35.5. The Balaban J connectivity index is 1.85. The molecule has 3 aromatic rings. The summed E-state index contributed by atoms with van der Waals surface area (Å²) >= 11 is 6.18. The van der Waals surface area contributed by atoms with Crippen molar-refractivity contribution in [1.82, 2.24) is 9.97 Å². The summed E-state index contributed by atoms with van der Waals surface area (Å²) in [6, 6.07) is 12.5. The number of anilines is 4. The lowest BCUT2D eigenvalue weighted by molar-refractivity contribution is 0.528. The van der Waals surface area contributed by atoms with Gasteiger partial charge >= 0.3 is 0 Å². The molecule has 1 atom stereocenters. The first-order chi connectivity index (χ1) is 15.9. The maximum absolute atomic E-state index is 14.3. The van der Waals surface area contributed by atoms with Crippen molar-refractivity contribution >= 4 is 40.4 Å². The third-order valence-corrected chi connectivity index (χ3v) is 5.64. The van der Waals surface area contributed by atoms with Gasteiger partial charge in [0.1, 0.15) is 11.6 Å². The van der Waals surface area contributed by atoms with Crippen LogP contribution in [0.4, 0.5) is 27.5 Å². The zero-order chi connectivity index (χ0) is 23.8. The molecule has 7 heteroatoms. The van der Waals surface area contributed by atoms with Gasteiger partial charge in [-0.1, -0.05) is 68.6 Å². The van der Waals surface area contributed by atoms with E-state index < -0.39 is 5.82 Å². The summed E-state index contributed by atoms with van der Waals surface area (Å²) < 4.78 is 14.3. The van der Waals surface area contributed by atoms with Crippen LogP contribution in [0, 0.1) is 18.7 Å². The summed E-state index contributed by atoms with van der Waals surface area (Å²) in [4.78, 5) is 9.14. The number of nitrogens with zero attached hydrogens (tertiary/aromatic N) is 2. The van der Waals surface area contributed by atoms with E-state index in [2.05, 4.69) is 46.3 Å². The smallest absolute Gasteiger partial charge is 0.229 e. The van der Waals surface area contributed by atoms with Gasteiger partial charge in [0.15, 0.2) is 0 Å². The standard InChI is InChI=1S/C26H31ClFN5/c1-5-6-8-18(3)15-29-25-21(19(4)31-24-22(27)9-7-10-23(24)28)16-30-26(33-25)32-20-13-11-17(2)12-14-20/h7,9-14,16,18,31H,4-6,8,15H2,1-3H3,(H2,29,30,32,33). The van der Waals surface area contributed by atoms with Crippen molar-refractivity contribution < 1.29 is 4.39 Å². The summed E-state index contributed by atoms with van der Waals surface area (Å²) in [5.41, 5.74) is 3.34. The molecule has 0 aliphatic carbocycles. The SMILES string of the molecule is C=C(Nc1c(F)cccc1Cl)c1cnc(Nc2ccc(C)cc2)nc1NCC(C)CCCC. The number of hydrogen-bond donors (Lipinski definition) is 3.